The van der Waals surface area contributed by atoms with Gasteiger partial charge in [-0.2, -0.15) is 0 Å². The summed E-state index contributed by atoms with van der Waals surface area (Å²) >= 11 is 0. The summed E-state index contributed by atoms with van der Waals surface area (Å²) in [6.07, 6.45) is 5.46. The predicted molar refractivity (Wildman–Crippen MR) is 245 cm³/mol. The molecule has 3 aromatic heterocycles. The summed E-state index contributed by atoms with van der Waals surface area (Å²) in [4.78, 5) is 13.7. The standard InChI is InChI=1S/C48H38N4O8S4/c1-29-5-13-33(14-6-29)61(53,54)45-37-21-23-39(49-37)46(62(55,56)34-15-7-30(2)8-16-34)41-25-27-43(51-41)48(64(59,60)36-19-11-32(4)12-20-36)44-28-26-42(52-44)47(40-24-22-38(45)50-40)63(57,58)35-17-9-31(3)10-18-35/h5-28,49-50H,1-4H3. The molecule has 16 heteroatoms. The Labute approximate surface area is 370 Å². The number of aryl methyl sites for hydroxylation is 4. The van der Waals surface area contributed by atoms with Crippen molar-refractivity contribution in [1.82, 2.24) is 19.9 Å². The molecular weight excluding hydrogens is 889 g/mol. The Kier molecular flexibility index (Phi) is 10.3. The van der Waals surface area contributed by atoms with Crippen molar-refractivity contribution in [2.45, 2.75) is 66.9 Å². The van der Waals surface area contributed by atoms with E-state index >= 15 is 0 Å². The molecule has 2 aliphatic rings. The third-order valence-electron chi connectivity index (χ3n) is 11.0. The highest BCUT2D eigenvalue weighted by Crippen LogP contribution is 2.38. The molecule has 0 radical (unpaired) electrons. The first-order valence-corrected chi connectivity index (χ1v) is 25.7. The average molecular weight is 927 g/mol. The van der Waals surface area contributed by atoms with Crippen LogP contribution >= 0.6 is 0 Å². The number of sulfone groups is 4. The molecule has 2 aliphatic heterocycles. The molecule has 0 spiro atoms. The molecule has 0 aliphatic carbocycles. The van der Waals surface area contributed by atoms with Crippen molar-refractivity contribution in [3.8, 4) is 0 Å². The van der Waals surface area contributed by atoms with E-state index in [1.807, 2.05) is 20.8 Å². The molecule has 0 atom stereocenters. The zero-order chi connectivity index (χ0) is 45.3. The third-order valence-corrected chi connectivity index (χ3v) is 18.4. The highest BCUT2D eigenvalue weighted by Gasteiger charge is 2.32. The highest BCUT2D eigenvalue weighted by molar-refractivity contribution is 7.92. The zero-order valence-corrected chi connectivity index (χ0v) is 37.9. The van der Waals surface area contributed by atoms with Gasteiger partial charge in [0.1, 0.15) is 19.6 Å². The van der Waals surface area contributed by atoms with Gasteiger partial charge in [-0.15, -0.1) is 0 Å². The van der Waals surface area contributed by atoms with E-state index in [1.54, 1.807) is 55.5 Å². The number of hydrogen-bond donors (Lipinski definition) is 2. The van der Waals surface area contributed by atoms with E-state index in [4.69, 9.17) is 9.97 Å². The fraction of sp³-hybridized carbons (Fsp3) is 0.0833. The molecule has 0 saturated heterocycles. The van der Waals surface area contributed by atoms with E-state index in [0.29, 0.717) is 0 Å². The summed E-state index contributed by atoms with van der Waals surface area (Å²) in [5, 5.41) is 0. The lowest BCUT2D eigenvalue weighted by molar-refractivity contribution is 0.594. The lowest BCUT2D eigenvalue weighted by Crippen LogP contribution is -2.08. The van der Waals surface area contributed by atoms with E-state index in [-0.39, 0.29) is 79.1 Å². The zero-order valence-electron chi connectivity index (χ0n) is 34.6. The molecule has 0 amide bonds. The molecule has 2 N–H and O–H groups in total. The van der Waals surface area contributed by atoms with Gasteiger partial charge >= 0.3 is 0 Å². The minimum atomic E-state index is -4.50. The molecule has 0 saturated carbocycles. The van der Waals surface area contributed by atoms with Crippen LogP contribution in [-0.4, -0.2) is 53.6 Å². The van der Waals surface area contributed by atoms with Gasteiger partial charge in [0.05, 0.1) is 64.4 Å². The maximum atomic E-state index is 14.9. The van der Waals surface area contributed by atoms with Gasteiger partial charge in [0.25, 0.3) is 0 Å². The summed E-state index contributed by atoms with van der Waals surface area (Å²) in [6.45, 7) is 7.24. The Bertz CT molecular complexity index is 3610. The van der Waals surface area contributed by atoms with Crippen molar-refractivity contribution >= 4 is 85.7 Å². The summed E-state index contributed by atoms with van der Waals surface area (Å²) < 4.78 is 119. The van der Waals surface area contributed by atoms with Crippen molar-refractivity contribution < 1.29 is 33.7 Å². The van der Waals surface area contributed by atoms with Gasteiger partial charge in [-0.05, 0) is 125 Å². The minimum absolute atomic E-state index is 0.0367. The fourth-order valence-corrected chi connectivity index (χ4v) is 13.7. The Hall–Kier alpha value is -6.72. The molecule has 7 aromatic rings. The van der Waals surface area contributed by atoms with E-state index in [1.165, 1.54) is 97.1 Å². The largest absolute Gasteiger partial charge is 0.353 e. The number of aromatic nitrogens is 4. The number of rotatable bonds is 8. The van der Waals surface area contributed by atoms with Crippen LogP contribution in [0.15, 0.2) is 160 Å². The van der Waals surface area contributed by atoms with E-state index in [0.717, 1.165) is 22.3 Å². The normalized spacial score (nSPS) is 13.1. The lowest BCUT2D eigenvalue weighted by Gasteiger charge is -2.09. The van der Waals surface area contributed by atoms with Crippen LogP contribution in [0.5, 0.6) is 0 Å². The second-order valence-electron chi connectivity index (χ2n) is 15.6. The SMILES string of the molecule is Cc1ccc(S(=O)(=O)c2c3nc(c(S(=O)(=O)c4ccc(C)cc4)c4ccc([nH]4)c(S(=O)(=O)c4ccc(C)cc4)c4ccc([nH]4)c(S(=O)(=O)c4ccc(C)cc4)c4nc2C=C4)C=C3)cc1. The maximum absolute atomic E-state index is 14.9. The molecule has 0 fully saturated rings. The second-order valence-corrected chi connectivity index (χ2v) is 23.1. The second kappa shape index (κ2) is 15.5. The smallest absolute Gasteiger partial charge is 0.210 e. The van der Waals surface area contributed by atoms with Crippen LogP contribution in [0.2, 0.25) is 0 Å². The molecule has 9 rings (SSSR count). The Morgan fingerprint density at radius 1 is 0.297 bits per heavy atom. The number of benzene rings is 4. The first kappa shape index (κ1) is 42.6. The van der Waals surface area contributed by atoms with Crippen molar-refractivity contribution in [3.05, 3.63) is 166 Å². The molecule has 0 unspecified atom stereocenters. The number of hydrogen-bond acceptors (Lipinski definition) is 10. The van der Waals surface area contributed by atoms with Gasteiger partial charge in [-0.1, -0.05) is 70.8 Å². The number of nitrogens with one attached hydrogen (secondary N) is 2. The Morgan fingerprint density at radius 2 is 0.516 bits per heavy atom. The number of nitrogens with zero attached hydrogens (tertiary/aromatic N) is 2. The van der Waals surface area contributed by atoms with Crippen LogP contribution in [0.4, 0.5) is 0 Å². The molecule has 4 aromatic carbocycles. The van der Waals surface area contributed by atoms with Crippen molar-refractivity contribution in [2.24, 2.45) is 0 Å². The lowest BCUT2D eigenvalue weighted by atomic mass is 10.2. The quantitative estimate of drug-likeness (QED) is 0.148. The van der Waals surface area contributed by atoms with E-state index in [9.17, 15) is 33.7 Å². The summed E-state index contributed by atoms with van der Waals surface area (Å²) in [7, 11) is -17.9. The summed E-state index contributed by atoms with van der Waals surface area (Å²) in [5.74, 6) is 0. The van der Waals surface area contributed by atoms with Crippen molar-refractivity contribution in [3.63, 3.8) is 0 Å². The maximum Gasteiger partial charge on any atom is 0.210 e. The van der Waals surface area contributed by atoms with Crippen LogP contribution in [0, 0.1) is 27.7 Å². The van der Waals surface area contributed by atoms with Crippen molar-refractivity contribution in [1.29, 1.82) is 0 Å². The Morgan fingerprint density at radius 3 is 0.797 bits per heavy atom. The first-order chi connectivity index (χ1) is 30.3. The molecule has 8 bridgehead atoms. The fourth-order valence-electron chi connectivity index (χ4n) is 7.57. The number of H-pyrrole nitrogens is 2. The summed E-state index contributed by atoms with van der Waals surface area (Å²) in [5.41, 5.74) is 2.38. The van der Waals surface area contributed by atoms with Crippen LogP contribution < -0.4 is 0 Å². The molecular formula is C48H38N4O8S4. The van der Waals surface area contributed by atoms with Gasteiger partial charge < -0.3 is 9.97 Å². The minimum Gasteiger partial charge on any atom is -0.353 e. The third kappa shape index (κ3) is 7.31. The average Bonchev–Trinajstić information content (AvgIpc) is 4.09. The monoisotopic (exact) mass is 926 g/mol. The predicted octanol–water partition coefficient (Wildman–Crippen LogP) is 9.22. The van der Waals surface area contributed by atoms with Crippen LogP contribution in [0.1, 0.15) is 45.0 Å². The van der Waals surface area contributed by atoms with Gasteiger partial charge in [-0.25, -0.2) is 43.6 Å². The van der Waals surface area contributed by atoms with Crippen LogP contribution in [0.25, 0.3) is 46.4 Å². The van der Waals surface area contributed by atoms with Crippen molar-refractivity contribution in [2.75, 3.05) is 0 Å². The molecule has 12 nitrogen and oxygen atoms in total. The topological polar surface area (TPSA) is 194 Å². The van der Waals surface area contributed by atoms with Crippen LogP contribution in [0.3, 0.4) is 0 Å². The number of fused-ring (bicyclic) bond motifs is 8. The van der Waals surface area contributed by atoms with E-state index < -0.39 is 44.2 Å². The number of aromatic amines is 2. The molecule has 64 heavy (non-hydrogen) atoms. The Balaban J connectivity index is 1.50. The van der Waals surface area contributed by atoms with Crippen LogP contribution in [-0.2, 0) is 39.3 Å². The van der Waals surface area contributed by atoms with Gasteiger partial charge in [-0.3, -0.25) is 0 Å². The van der Waals surface area contributed by atoms with Gasteiger partial charge in [0, 0.05) is 0 Å². The van der Waals surface area contributed by atoms with Gasteiger partial charge in [0.15, 0.2) is 0 Å². The van der Waals surface area contributed by atoms with Gasteiger partial charge in [0.2, 0.25) is 39.3 Å². The summed E-state index contributed by atoms with van der Waals surface area (Å²) in [6, 6.07) is 30.3. The van der Waals surface area contributed by atoms with E-state index in [2.05, 4.69) is 9.97 Å². The highest BCUT2D eigenvalue weighted by atomic mass is 32.2. The molecule has 322 valence electrons. The first-order valence-electron chi connectivity index (χ1n) is 19.8. The molecule has 5 heterocycles.